The van der Waals surface area contributed by atoms with Crippen LogP contribution in [0, 0.1) is 0 Å². The van der Waals surface area contributed by atoms with Crippen LogP contribution in [-0.2, 0) is 7.05 Å². The minimum absolute atomic E-state index is 0.322. The number of fused-ring (bicyclic) bond motifs is 1. The van der Waals surface area contributed by atoms with Crippen molar-refractivity contribution in [3.05, 3.63) is 34.4 Å². The molecular weight excluding hydrogens is 246 g/mol. The van der Waals surface area contributed by atoms with Crippen molar-refractivity contribution in [2.45, 2.75) is 0 Å². The number of carboxylic acid groups (broad SMARTS) is 1. The van der Waals surface area contributed by atoms with Crippen LogP contribution >= 0.6 is 15.9 Å². The Kier molecular flexibility index (Phi) is 2.07. The van der Waals surface area contributed by atoms with Crippen molar-refractivity contribution in [3.63, 3.8) is 0 Å². The summed E-state index contributed by atoms with van der Waals surface area (Å²) in [7, 11) is 1.83. The minimum atomic E-state index is -0.909. The molecule has 72 valence electrons. The molecule has 1 aromatic carbocycles. The predicted molar refractivity (Wildman–Crippen MR) is 57.6 cm³/mol. The van der Waals surface area contributed by atoms with Crippen LogP contribution in [0.15, 0.2) is 28.9 Å². The fourth-order valence-corrected chi connectivity index (χ4v) is 2.14. The summed E-state index contributed by atoms with van der Waals surface area (Å²) in [6.45, 7) is 0. The van der Waals surface area contributed by atoms with Crippen molar-refractivity contribution in [3.8, 4) is 0 Å². The van der Waals surface area contributed by atoms with Crippen molar-refractivity contribution < 1.29 is 9.90 Å². The van der Waals surface area contributed by atoms with Gasteiger partial charge in [0.15, 0.2) is 0 Å². The van der Waals surface area contributed by atoms with Crippen molar-refractivity contribution in [2.75, 3.05) is 0 Å². The zero-order valence-corrected chi connectivity index (χ0v) is 9.08. The maximum Gasteiger partial charge on any atom is 0.339 e. The highest BCUT2D eigenvalue weighted by Crippen LogP contribution is 2.28. The molecule has 1 aromatic heterocycles. The molecule has 0 aliphatic carbocycles. The molecule has 0 amide bonds. The number of carboxylic acids is 1. The van der Waals surface area contributed by atoms with Crippen molar-refractivity contribution in [1.29, 1.82) is 0 Å². The van der Waals surface area contributed by atoms with Gasteiger partial charge in [0, 0.05) is 18.0 Å². The molecule has 0 aliphatic rings. The molecule has 0 bridgehead atoms. The Hall–Kier alpha value is -1.29. The van der Waals surface area contributed by atoms with Gasteiger partial charge in [-0.2, -0.15) is 0 Å². The van der Waals surface area contributed by atoms with E-state index >= 15 is 0 Å². The van der Waals surface area contributed by atoms with Crippen LogP contribution in [0.5, 0.6) is 0 Å². The quantitative estimate of drug-likeness (QED) is 0.849. The summed E-state index contributed by atoms with van der Waals surface area (Å²) in [6, 6.07) is 7.43. The van der Waals surface area contributed by atoms with Gasteiger partial charge in [0.1, 0.15) is 4.60 Å². The van der Waals surface area contributed by atoms with Crippen LogP contribution in [0.25, 0.3) is 10.9 Å². The highest BCUT2D eigenvalue weighted by molar-refractivity contribution is 9.10. The Morgan fingerprint density at radius 2 is 2.07 bits per heavy atom. The Bertz CT molecular complexity index is 516. The molecule has 4 heteroatoms. The number of aromatic nitrogens is 1. The molecule has 0 saturated carbocycles. The van der Waals surface area contributed by atoms with E-state index in [2.05, 4.69) is 15.9 Å². The maximum atomic E-state index is 11.0. The Morgan fingerprint density at radius 1 is 1.43 bits per heavy atom. The first-order valence-electron chi connectivity index (χ1n) is 4.09. The van der Waals surface area contributed by atoms with Gasteiger partial charge in [0.25, 0.3) is 0 Å². The number of benzene rings is 1. The molecule has 0 spiro atoms. The average Bonchev–Trinajstić information content (AvgIpc) is 2.41. The van der Waals surface area contributed by atoms with E-state index in [0.717, 1.165) is 10.9 Å². The Labute approximate surface area is 89.1 Å². The van der Waals surface area contributed by atoms with E-state index in [9.17, 15) is 4.79 Å². The van der Waals surface area contributed by atoms with Gasteiger partial charge < -0.3 is 9.67 Å². The van der Waals surface area contributed by atoms with Crippen molar-refractivity contribution in [2.24, 2.45) is 7.05 Å². The van der Waals surface area contributed by atoms with Crippen LogP contribution in [-0.4, -0.2) is 15.6 Å². The Balaban J connectivity index is 2.95. The molecule has 0 atom stereocenters. The summed E-state index contributed by atoms with van der Waals surface area (Å²) < 4.78 is 2.42. The number of halogens is 1. The van der Waals surface area contributed by atoms with Crippen LogP contribution in [0.2, 0.25) is 0 Å². The third-order valence-corrected chi connectivity index (χ3v) is 3.18. The second-order valence-electron chi connectivity index (χ2n) is 3.05. The van der Waals surface area contributed by atoms with Crippen LogP contribution in [0.3, 0.4) is 0 Å². The summed E-state index contributed by atoms with van der Waals surface area (Å²) in [4.78, 5) is 11.0. The van der Waals surface area contributed by atoms with Gasteiger partial charge in [-0.1, -0.05) is 18.2 Å². The summed E-state index contributed by atoms with van der Waals surface area (Å²) in [5.41, 5.74) is 1.24. The third kappa shape index (κ3) is 1.14. The fraction of sp³-hybridized carbons (Fsp3) is 0.100. The van der Waals surface area contributed by atoms with Crippen LogP contribution in [0.4, 0.5) is 0 Å². The molecule has 0 radical (unpaired) electrons. The van der Waals surface area contributed by atoms with Gasteiger partial charge in [-0.15, -0.1) is 0 Å². The number of aromatic carboxylic acids is 1. The third-order valence-electron chi connectivity index (χ3n) is 2.25. The molecule has 14 heavy (non-hydrogen) atoms. The molecule has 3 nitrogen and oxygen atoms in total. The first-order valence-corrected chi connectivity index (χ1v) is 4.88. The number of hydrogen-bond donors (Lipinski definition) is 1. The minimum Gasteiger partial charge on any atom is -0.478 e. The molecule has 1 N–H and O–H groups in total. The number of hydrogen-bond acceptors (Lipinski definition) is 1. The second-order valence-corrected chi connectivity index (χ2v) is 3.80. The zero-order valence-electron chi connectivity index (χ0n) is 7.49. The van der Waals surface area contributed by atoms with Crippen molar-refractivity contribution >= 4 is 32.8 Å². The lowest BCUT2D eigenvalue weighted by atomic mass is 10.2. The van der Waals surface area contributed by atoms with E-state index in [1.807, 2.05) is 35.9 Å². The SMILES string of the molecule is Cn1c(Br)c(C(=O)O)c2ccccc21. The number of rotatable bonds is 1. The molecule has 2 rings (SSSR count). The van der Waals surface area contributed by atoms with Gasteiger partial charge in [-0.05, 0) is 22.0 Å². The lowest BCUT2D eigenvalue weighted by Crippen LogP contribution is -1.96. The summed E-state index contributed by atoms with van der Waals surface area (Å²) >= 11 is 3.28. The van der Waals surface area contributed by atoms with Crippen LogP contribution in [0.1, 0.15) is 10.4 Å². The summed E-state index contributed by atoms with van der Waals surface area (Å²) in [5, 5.41) is 9.79. The first-order chi connectivity index (χ1) is 6.63. The zero-order chi connectivity index (χ0) is 10.3. The van der Waals surface area contributed by atoms with Gasteiger partial charge in [0.2, 0.25) is 0 Å². The van der Waals surface area contributed by atoms with Crippen LogP contribution < -0.4 is 0 Å². The molecule has 0 aliphatic heterocycles. The Morgan fingerprint density at radius 3 is 2.71 bits per heavy atom. The van der Waals surface area contributed by atoms with E-state index in [-0.39, 0.29) is 0 Å². The molecule has 0 saturated heterocycles. The highest BCUT2D eigenvalue weighted by atomic mass is 79.9. The first kappa shape index (κ1) is 9.27. The number of carbonyl (C=O) groups is 1. The largest absolute Gasteiger partial charge is 0.478 e. The second kappa shape index (κ2) is 3.13. The maximum absolute atomic E-state index is 11.0. The van der Waals surface area contributed by atoms with E-state index < -0.39 is 5.97 Å². The molecule has 1 heterocycles. The molecule has 0 fully saturated rings. The molecule has 2 aromatic rings. The molecular formula is C10H8BrNO2. The molecule has 0 unspecified atom stereocenters. The number of nitrogens with zero attached hydrogens (tertiary/aromatic N) is 1. The highest BCUT2D eigenvalue weighted by Gasteiger charge is 2.17. The van der Waals surface area contributed by atoms with Gasteiger partial charge >= 0.3 is 5.97 Å². The van der Waals surface area contributed by atoms with Crippen molar-refractivity contribution in [1.82, 2.24) is 4.57 Å². The smallest absolute Gasteiger partial charge is 0.339 e. The number of para-hydroxylation sites is 1. The van der Waals surface area contributed by atoms with E-state index in [0.29, 0.717) is 10.2 Å². The van der Waals surface area contributed by atoms with Gasteiger partial charge in [0.05, 0.1) is 5.56 Å². The lowest BCUT2D eigenvalue weighted by Gasteiger charge is -1.95. The normalized spacial score (nSPS) is 10.7. The predicted octanol–water partition coefficient (Wildman–Crippen LogP) is 2.64. The summed E-state index contributed by atoms with van der Waals surface area (Å²) in [6.07, 6.45) is 0. The monoisotopic (exact) mass is 253 g/mol. The topological polar surface area (TPSA) is 42.2 Å². The van der Waals surface area contributed by atoms with Gasteiger partial charge in [-0.25, -0.2) is 4.79 Å². The number of aryl methyl sites for hydroxylation is 1. The van der Waals surface area contributed by atoms with E-state index in [4.69, 9.17) is 5.11 Å². The van der Waals surface area contributed by atoms with Gasteiger partial charge in [-0.3, -0.25) is 0 Å². The summed E-state index contributed by atoms with van der Waals surface area (Å²) in [5.74, 6) is -0.909. The average molecular weight is 254 g/mol. The van der Waals surface area contributed by atoms with E-state index in [1.54, 1.807) is 0 Å². The van der Waals surface area contributed by atoms with E-state index in [1.165, 1.54) is 0 Å². The fourth-order valence-electron chi connectivity index (χ4n) is 1.57. The standard InChI is InChI=1S/C10H8BrNO2/c1-12-7-5-3-2-4-6(7)8(9(12)11)10(13)14/h2-5H,1H3,(H,13,14). The lowest BCUT2D eigenvalue weighted by molar-refractivity contribution is 0.0698.